The van der Waals surface area contributed by atoms with Crippen molar-refractivity contribution in [1.82, 2.24) is 15.1 Å². The number of nitrogens with one attached hydrogen (secondary N) is 1. The van der Waals surface area contributed by atoms with Crippen molar-refractivity contribution in [3.63, 3.8) is 0 Å². The highest BCUT2D eigenvalue weighted by molar-refractivity contribution is 5.80. The van der Waals surface area contributed by atoms with Crippen LogP contribution in [0.2, 0.25) is 0 Å². The lowest BCUT2D eigenvalue weighted by Crippen LogP contribution is -2.52. The van der Waals surface area contributed by atoms with Crippen LogP contribution in [0.4, 0.5) is 0 Å². The van der Waals surface area contributed by atoms with E-state index in [0.29, 0.717) is 12.1 Å². The summed E-state index contributed by atoms with van der Waals surface area (Å²) >= 11 is 0. The Kier molecular flexibility index (Phi) is 5.63. The number of methoxy groups -OCH3 is 1. The summed E-state index contributed by atoms with van der Waals surface area (Å²) in [6.07, 6.45) is 4.75. The molecule has 3 atom stereocenters. The van der Waals surface area contributed by atoms with Crippen LogP contribution in [0, 0.1) is 0 Å². The van der Waals surface area contributed by atoms with E-state index in [0.717, 1.165) is 19.5 Å². The number of carbonyl (C=O) groups excluding carboxylic acids is 1. The van der Waals surface area contributed by atoms with Gasteiger partial charge in [-0.1, -0.05) is 0 Å². The predicted molar refractivity (Wildman–Crippen MR) is 84.3 cm³/mol. The second-order valence-electron chi connectivity index (χ2n) is 6.81. The smallest absolute Gasteiger partial charge is 0.325 e. The number of carbonyl (C=O) groups is 1. The van der Waals surface area contributed by atoms with Gasteiger partial charge in [-0.15, -0.1) is 0 Å². The van der Waals surface area contributed by atoms with Crippen molar-refractivity contribution >= 4 is 5.97 Å². The van der Waals surface area contributed by atoms with Gasteiger partial charge in [0, 0.05) is 25.2 Å². The van der Waals surface area contributed by atoms with Crippen LogP contribution in [0.5, 0.6) is 0 Å². The summed E-state index contributed by atoms with van der Waals surface area (Å²) in [6.45, 7) is 8.98. The zero-order chi connectivity index (χ0) is 15.5. The van der Waals surface area contributed by atoms with E-state index in [1.807, 2.05) is 14.0 Å². The Balaban J connectivity index is 1.88. The number of likely N-dealkylation sites (tertiary alicyclic amines) is 2. The highest BCUT2D eigenvalue weighted by Gasteiger charge is 2.38. The zero-order valence-corrected chi connectivity index (χ0v) is 14.0. The van der Waals surface area contributed by atoms with Gasteiger partial charge in [0.05, 0.1) is 7.11 Å². The second-order valence-corrected chi connectivity index (χ2v) is 6.81. The molecule has 2 fully saturated rings. The standard InChI is InChI=1S/C16H31N3O2/c1-13(11-16(2,17-3)15(20)21-4)19-10-7-14(12-19)18-8-5-6-9-18/h13-14,17H,5-12H2,1-4H3. The van der Waals surface area contributed by atoms with Crippen LogP contribution < -0.4 is 5.32 Å². The highest BCUT2D eigenvalue weighted by Crippen LogP contribution is 2.25. The molecule has 2 heterocycles. The summed E-state index contributed by atoms with van der Waals surface area (Å²) in [6, 6.07) is 1.10. The van der Waals surface area contributed by atoms with Gasteiger partial charge in [0.1, 0.15) is 5.54 Å². The number of esters is 1. The molecule has 0 spiro atoms. The van der Waals surface area contributed by atoms with Gasteiger partial charge in [0.15, 0.2) is 0 Å². The topological polar surface area (TPSA) is 44.8 Å². The molecule has 5 heteroatoms. The molecule has 2 saturated heterocycles. The van der Waals surface area contributed by atoms with E-state index in [4.69, 9.17) is 4.74 Å². The van der Waals surface area contributed by atoms with Crippen LogP contribution in [0.25, 0.3) is 0 Å². The molecule has 3 unspecified atom stereocenters. The fourth-order valence-electron chi connectivity index (χ4n) is 3.81. The summed E-state index contributed by atoms with van der Waals surface area (Å²) in [7, 11) is 3.29. The van der Waals surface area contributed by atoms with Gasteiger partial charge in [-0.25, -0.2) is 0 Å². The Morgan fingerprint density at radius 1 is 1.38 bits per heavy atom. The minimum atomic E-state index is -0.597. The number of rotatable bonds is 6. The maximum absolute atomic E-state index is 12.0. The number of ether oxygens (including phenoxy) is 1. The number of likely N-dealkylation sites (N-methyl/N-ethyl adjacent to an activating group) is 1. The molecule has 0 aliphatic carbocycles. The SMILES string of the molecule is CNC(C)(CC(C)N1CCC(N2CCCC2)C1)C(=O)OC. The molecule has 0 radical (unpaired) electrons. The summed E-state index contributed by atoms with van der Waals surface area (Å²) in [5.41, 5.74) is -0.597. The third-order valence-corrected chi connectivity index (χ3v) is 5.37. The van der Waals surface area contributed by atoms with Crippen LogP contribution >= 0.6 is 0 Å². The Labute approximate surface area is 129 Å². The molecule has 0 aromatic heterocycles. The third kappa shape index (κ3) is 3.76. The number of hydrogen-bond acceptors (Lipinski definition) is 5. The third-order valence-electron chi connectivity index (χ3n) is 5.37. The van der Waals surface area contributed by atoms with Crippen LogP contribution in [-0.2, 0) is 9.53 Å². The average Bonchev–Trinajstić information content (AvgIpc) is 3.16. The van der Waals surface area contributed by atoms with Crippen molar-refractivity contribution in [3.05, 3.63) is 0 Å². The van der Waals surface area contributed by atoms with Gasteiger partial charge in [-0.3, -0.25) is 14.6 Å². The van der Waals surface area contributed by atoms with Crippen molar-refractivity contribution in [1.29, 1.82) is 0 Å². The maximum Gasteiger partial charge on any atom is 0.325 e. The summed E-state index contributed by atoms with van der Waals surface area (Å²) in [5.74, 6) is -0.174. The van der Waals surface area contributed by atoms with E-state index in [9.17, 15) is 4.79 Å². The van der Waals surface area contributed by atoms with Gasteiger partial charge in [-0.05, 0) is 59.7 Å². The fraction of sp³-hybridized carbons (Fsp3) is 0.938. The summed E-state index contributed by atoms with van der Waals surface area (Å²) in [5, 5.41) is 3.14. The average molecular weight is 297 g/mol. The normalized spacial score (nSPS) is 28.5. The molecule has 0 saturated carbocycles. The molecule has 0 bridgehead atoms. The number of hydrogen-bond donors (Lipinski definition) is 1. The van der Waals surface area contributed by atoms with E-state index in [1.165, 1.54) is 39.5 Å². The lowest BCUT2D eigenvalue weighted by Gasteiger charge is -2.33. The first-order valence-electron chi connectivity index (χ1n) is 8.25. The second kappa shape index (κ2) is 7.07. The first-order chi connectivity index (χ1) is 10.00. The predicted octanol–water partition coefficient (Wildman–Crippen LogP) is 1.09. The summed E-state index contributed by atoms with van der Waals surface area (Å²) < 4.78 is 4.94. The van der Waals surface area contributed by atoms with E-state index < -0.39 is 5.54 Å². The fourth-order valence-corrected chi connectivity index (χ4v) is 3.81. The Morgan fingerprint density at radius 3 is 2.62 bits per heavy atom. The van der Waals surface area contributed by atoms with Crippen LogP contribution in [0.3, 0.4) is 0 Å². The lowest BCUT2D eigenvalue weighted by atomic mass is 9.93. The van der Waals surface area contributed by atoms with Crippen LogP contribution in [0.15, 0.2) is 0 Å². The van der Waals surface area contributed by atoms with Gasteiger partial charge in [-0.2, -0.15) is 0 Å². The Hall–Kier alpha value is -0.650. The minimum Gasteiger partial charge on any atom is -0.468 e. The van der Waals surface area contributed by atoms with Crippen molar-refractivity contribution in [2.24, 2.45) is 0 Å². The van der Waals surface area contributed by atoms with Gasteiger partial charge in [0.25, 0.3) is 0 Å². The molecular formula is C16H31N3O2. The summed E-state index contributed by atoms with van der Waals surface area (Å²) in [4.78, 5) is 17.1. The first kappa shape index (κ1) is 16.7. The minimum absolute atomic E-state index is 0.174. The molecule has 2 rings (SSSR count). The van der Waals surface area contributed by atoms with E-state index >= 15 is 0 Å². The molecule has 21 heavy (non-hydrogen) atoms. The molecule has 0 aromatic carbocycles. The zero-order valence-electron chi connectivity index (χ0n) is 14.0. The highest BCUT2D eigenvalue weighted by atomic mass is 16.5. The molecule has 122 valence electrons. The molecular weight excluding hydrogens is 266 g/mol. The van der Waals surface area contributed by atoms with E-state index in [-0.39, 0.29) is 5.97 Å². The largest absolute Gasteiger partial charge is 0.468 e. The number of nitrogens with zero attached hydrogens (tertiary/aromatic N) is 2. The molecule has 0 aromatic rings. The Bertz CT molecular complexity index is 357. The van der Waals surface area contributed by atoms with E-state index in [2.05, 4.69) is 22.0 Å². The maximum atomic E-state index is 12.0. The molecule has 2 aliphatic rings. The lowest BCUT2D eigenvalue weighted by molar-refractivity contribution is -0.148. The first-order valence-corrected chi connectivity index (χ1v) is 8.25. The van der Waals surface area contributed by atoms with Crippen molar-refractivity contribution in [2.75, 3.05) is 40.3 Å². The quantitative estimate of drug-likeness (QED) is 0.744. The molecule has 1 N–H and O–H groups in total. The van der Waals surface area contributed by atoms with Gasteiger partial charge < -0.3 is 10.1 Å². The van der Waals surface area contributed by atoms with Gasteiger partial charge in [0.2, 0.25) is 0 Å². The van der Waals surface area contributed by atoms with Crippen molar-refractivity contribution < 1.29 is 9.53 Å². The van der Waals surface area contributed by atoms with E-state index in [1.54, 1.807) is 0 Å². The van der Waals surface area contributed by atoms with Crippen LogP contribution in [-0.4, -0.2) is 73.7 Å². The molecule has 2 aliphatic heterocycles. The van der Waals surface area contributed by atoms with Crippen molar-refractivity contribution in [2.45, 2.75) is 57.2 Å². The molecule has 0 amide bonds. The Morgan fingerprint density at radius 2 is 2.05 bits per heavy atom. The monoisotopic (exact) mass is 297 g/mol. The van der Waals surface area contributed by atoms with Gasteiger partial charge >= 0.3 is 5.97 Å². The van der Waals surface area contributed by atoms with Crippen molar-refractivity contribution in [3.8, 4) is 0 Å². The van der Waals surface area contributed by atoms with Crippen LogP contribution in [0.1, 0.15) is 39.5 Å². The molecule has 5 nitrogen and oxygen atoms in total.